The Morgan fingerprint density at radius 3 is 2.64 bits per heavy atom. The van der Waals surface area contributed by atoms with Crippen LogP contribution in [0.25, 0.3) is 0 Å². The third kappa shape index (κ3) is 1.55. The van der Waals surface area contributed by atoms with Gasteiger partial charge in [0.15, 0.2) is 0 Å². The molecule has 0 aliphatic carbocycles. The molecule has 0 saturated heterocycles. The van der Waals surface area contributed by atoms with Gasteiger partial charge in [0.2, 0.25) is 0 Å². The fourth-order valence-corrected chi connectivity index (χ4v) is 0.773. The molecule has 0 heterocycles. The lowest BCUT2D eigenvalue weighted by atomic mass is 10.1. The highest BCUT2D eigenvalue weighted by molar-refractivity contribution is 5.37. The Morgan fingerprint density at radius 1 is 1.55 bits per heavy atom. The van der Waals surface area contributed by atoms with Crippen molar-refractivity contribution in [3.05, 3.63) is 39.4 Å². The van der Waals surface area contributed by atoms with Crippen molar-refractivity contribution >= 4 is 5.69 Å². The largest absolute Gasteiger partial charge is 0.270 e. The SMILES string of the molecule is Cc1[c]cc([N+](=O)[O-])cc1C. The lowest BCUT2D eigenvalue weighted by molar-refractivity contribution is -0.384. The highest BCUT2D eigenvalue weighted by Gasteiger charge is 2.04. The maximum absolute atomic E-state index is 10.3. The van der Waals surface area contributed by atoms with Crippen LogP contribution in [0.2, 0.25) is 0 Å². The number of rotatable bonds is 1. The normalized spacial score (nSPS) is 9.64. The van der Waals surface area contributed by atoms with Crippen molar-refractivity contribution in [2.24, 2.45) is 0 Å². The molecule has 0 saturated carbocycles. The molecule has 0 aliphatic rings. The van der Waals surface area contributed by atoms with Crippen molar-refractivity contribution in [2.75, 3.05) is 0 Å². The van der Waals surface area contributed by atoms with Gasteiger partial charge in [0.25, 0.3) is 5.69 Å². The summed E-state index contributed by atoms with van der Waals surface area (Å²) in [5.74, 6) is 0. The number of benzene rings is 1. The molecule has 0 aliphatic heterocycles. The average molecular weight is 150 g/mol. The molecule has 0 bridgehead atoms. The van der Waals surface area contributed by atoms with Gasteiger partial charge in [-0.1, -0.05) is 0 Å². The second kappa shape index (κ2) is 2.70. The second-order valence-electron chi connectivity index (χ2n) is 2.42. The van der Waals surface area contributed by atoms with Crippen LogP contribution >= 0.6 is 0 Å². The van der Waals surface area contributed by atoms with E-state index in [1.165, 1.54) is 6.07 Å². The van der Waals surface area contributed by atoms with Crippen LogP contribution in [-0.2, 0) is 0 Å². The monoisotopic (exact) mass is 150 g/mol. The number of nitro groups is 1. The zero-order valence-corrected chi connectivity index (χ0v) is 6.42. The Bertz CT molecular complexity index is 294. The highest BCUT2D eigenvalue weighted by atomic mass is 16.6. The lowest BCUT2D eigenvalue weighted by Gasteiger charge is -1.96. The fraction of sp³-hybridized carbons (Fsp3) is 0.250. The standard InChI is InChI=1S/C8H8NO2/c1-6-3-4-8(9(10)11)5-7(6)2/h4-5H,1-2H3. The number of hydrogen-bond donors (Lipinski definition) is 0. The minimum absolute atomic E-state index is 0.105. The molecule has 0 fully saturated rings. The minimum atomic E-state index is -0.414. The van der Waals surface area contributed by atoms with Crippen LogP contribution in [-0.4, -0.2) is 4.92 Å². The molecule has 57 valence electrons. The van der Waals surface area contributed by atoms with Crippen LogP contribution in [0.4, 0.5) is 5.69 Å². The summed E-state index contributed by atoms with van der Waals surface area (Å²) in [5, 5.41) is 10.3. The maximum Gasteiger partial charge on any atom is 0.270 e. The van der Waals surface area contributed by atoms with E-state index in [1.807, 2.05) is 13.8 Å². The summed E-state index contributed by atoms with van der Waals surface area (Å²) in [6.45, 7) is 3.71. The molecule has 0 amide bonds. The van der Waals surface area contributed by atoms with Gasteiger partial charge in [-0.25, -0.2) is 0 Å². The van der Waals surface area contributed by atoms with Gasteiger partial charge < -0.3 is 0 Å². The average Bonchev–Trinajstić information content (AvgIpc) is 1.94. The van der Waals surface area contributed by atoms with Gasteiger partial charge in [-0.3, -0.25) is 10.1 Å². The summed E-state index contributed by atoms with van der Waals surface area (Å²) in [6.07, 6.45) is 0. The third-order valence-corrected chi connectivity index (χ3v) is 1.60. The summed E-state index contributed by atoms with van der Waals surface area (Å²) >= 11 is 0. The van der Waals surface area contributed by atoms with Crippen molar-refractivity contribution in [1.82, 2.24) is 0 Å². The quantitative estimate of drug-likeness (QED) is 0.454. The van der Waals surface area contributed by atoms with Gasteiger partial charge in [-0.2, -0.15) is 0 Å². The first-order valence-corrected chi connectivity index (χ1v) is 3.24. The van der Waals surface area contributed by atoms with Gasteiger partial charge in [0, 0.05) is 12.1 Å². The molecule has 3 heteroatoms. The van der Waals surface area contributed by atoms with Crippen LogP contribution in [0, 0.1) is 30.0 Å². The Labute approximate surface area is 64.8 Å². The summed E-state index contributed by atoms with van der Waals surface area (Å²) in [5.41, 5.74) is 1.96. The molecule has 3 nitrogen and oxygen atoms in total. The third-order valence-electron chi connectivity index (χ3n) is 1.60. The second-order valence-corrected chi connectivity index (χ2v) is 2.42. The molecule has 0 atom stereocenters. The van der Waals surface area contributed by atoms with E-state index in [1.54, 1.807) is 6.07 Å². The molecule has 1 rings (SSSR count). The Balaban J connectivity index is 3.15. The fourth-order valence-electron chi connectivity index (χ4n) is 0.773. The first kappa shape index (κ1) is 7.72. The number of nitro benzene ring substituents is 1. The number of non-ortho nitro benzene ring substituents is 1. The lowest BCUT2D eigenvalue weighted by Crippen LogP contribution is -1.89. The van der Waals surface area contributed by atoms with Gasteiger partial charge in [-0.15, -0.1) is 0 Å². The molecule has 0 spiro atoms. The minimum Gasteiger partial charge on any atom is -0.258 e. The highest BCUT2D eigenvalue weighted by Crippen LogP contribution is 2.14. The molecule has 1 aromatic carbocycles. The van der Waals surface area contributed by atoms with E-state index in [0.29, 0.717) is 0 Å². The smallest absolute Gasteiger partial charge is 0.258 e. The predicted octanol–water partition coefficient (Wildman–Crippen LogP) is 2.01. The zero-order chi connectivity index (χ0) is 8.43. The van der Waals surface area contributed by atoms with Crippen molar-refractivity contribution in [1.29, 1.82) is 0 Å². The van der Waals surface area contributed by atoms with Gasteiger partial charge in [0.1, 0.15) is 0 Å². The van der Waals surface area contributed by atoms with E-state index in [2.05, 4.69) is 6.07 Å². The number of nitrogens with zero attached hydrogens (tertiary/aromatic N) is 1. The molecule has 1 aromatic rings. The first-order valence-electron chi connectivity index (χ1n) is 3.24. The molecular weight excluding hydrogens is 142 g/mol. The van der Waals surface area contributed by atoms with Crippen molar-refractivity contribution in [3.63, 3.8) is 0 Å². The molecular formula is C8H8NO2. The van der Waals surface area contributed by atoms with Crippen molar-refractivity contribution < 1.29 is 4.92 Å². The predicted molar refractivity (Wildman–Crippen MR) is 41.4 cm³/mol. The Morgan fingerprint density at radius 2 is 2.18 bits per heavy atom. The van der Waals surface area contributed by atoms with Crippen LogP contribution in [0.15, 0.2) is 12.1 Å². The van der Waals surface area contributed by atoms with Gasteiger partial charge in [0.05, 0.1) is 4.92 Å². The van der Waals surface area contributed by atoms with Crippen LogP contribution in [0.5, 0.6) is 0 Å². The van der Waals surface area contributed by atoms with Crippen LogP contribution in [0.3, 0.4) is 0 Å². The Kier molecular flexibility index (Phi) is 1.89. The Hall–Kier alpha value is -1.38. The summed E-state index contributed by atoms with van der Waals surface area (Å²) in [7, 11) is 0. The molecule has 0 N–H and O–H groups in total. The first-order chi connectivity index (χ1) is 5.11. The number of aryl methyl sites for hydroxylation is 2. The van der Waals surface area contributed by atoms with E-state index in [4.69, 9.17) is 0 Å². The van der Waals surface area contributed by atoms with Crippen molar-refractivity contribution in [2.45, 2.75) is 13.8 Å². The molecule has 0 unspecified atom stereocenters. The molecule has 11 heavy (non-hydrogen) atoms. The topological polar surface area (TPSA) is 43.1 Å². The van der Waals surface area contributed by atoms with Crippen molar-refractivity contribution in [3.8, 4) is 0 Å². The summed E-state index contributed by atoms with van der Waals surface area (Å²) < 4.78 is 0. The summed E-state index contributed by atoms with van der Waals surface area (Å²) in [4.78, 5) is 9.84. The van der Waals surface area contributed by atoms with Gasteiger partial charge in [-0.05, 0) is 31.0 Å². The van der Waals surface area contributed by atoms with Gasteiger partial charge >= 0.3 is 0 Å². The molecule has 0 aromatic heterocycles. The van der Waals surface area contributed by atoms with E-state index in [-0.39, 0.29) is 5.69 Å². The van der Waals surface area contributed by atoms with Crippen LogP contribution in [0.1, 0.15) is 11.1 Å². The van der Waals surface area contributed by atoms with Crippen LogP contribution < -0.4 is 0 Å². The molecule has 1 radical (unpaired) electrons. The van der Waals surface area contributed by atoms with E-state index in [0.717, 1.165) is 11.1 Å². The van der Waals surface area contributed by atoms with E-state index < -0.39 is 4.92 Å². The van der Waals surface area contributed by atoms with E-state index in [9.17, 15) is 10.1 Å². The van der Waals surface area contributed by atoms with E-state index >= 15 is 0 Å². The maximum atomic E-state index is 10.3. The summed E-state index contributed by atoms with van der Waals surface area (Å²) in [6, 6.07) is 5.75. The number of hydrogen-bond acceptors (Lipinski definition) is 2. The zero-order valence-electron chi connectivity index (χ0n) is 6.42.